The van der Waals surface area contributed by atoms with Gasteiger partial charge in [-0.05, 0) is 43.7 Å². The van der Waals surface area contributed by atoms with Crippen molar-refractivity contribution in [1.29, 1.82) is 5.26 Å². The molecule has 1 heterocycles. The molecule has 3 aromatic rings. The molecule has 2 N–H and O–H groups in total. The maximum Gasteiger partial charge on any atom is 0.573 e. The van der Waals surface area contributed by atoms with Crippen LogP contribution in [0.5, 0.6) is 5.75 Å². The van der Waals surface area contributed by atoms with Gasteiger partial charge in [-0.15, -0.1) is 13.2 Å². The molecule has 0 amide bonds. The van der Waals surface area contributed by atoms with Gasteiger partial charge in [-0.3, -0.25) is 0 Å². The van der Waals surface area contributed by atoms with E-state index in [1.807, 2.05) is 13.8 Å². The van der Waals surface area contributed by atoms with E-state index in [1.165, 1.54) is 18.2 Å². The predicted molar refractivity (Wildman–Crippen MR) is 112 cm³/mol. The molecule has 1 atom stereocenters. The van der Waals surface area contributed by atoms with Crippen molar-refractivity contribution >= 4 is 17.5 Å². The van der Waals surface area contributed by atoms with Gasteiger partial charge >= 0.3 is 6.36 Å². The minimum atomic E-state index is -4.79. The summed E-state index contributed by atoms with van der Waals surface area (Å²) in [5.41, 5.74) is 1.97. The molecular formula is C22H20F3N5O. The highest BCUT2D eigenvalue weighted by molar-refractivity contribution is 5.68. The van der Waals surface area contributed by atoms with Gasteiger partial charge < -0.3 is 15.4 Å². The van der Waals surface area contributed by atoms with Gasteiger partial charge in [0.05, 0.1) is 17.3 Å². The van der Waals surface area contributed by atoms with Gasteiger partial charge in [0, 0.05) is 23.4 Å². The van der Waals surface area contributed by atoms with Crippen LogP contribution in [0.1, 0.15) is 25.8 Å². The van der Waals surface area contributed by atoms with Crippen molar-refractivity contribution < 1.29 is 17.9 Å². The lowest BCUT2D eigenvalue weighted by Gasteiger charge is -2.15. The number of aromatic nitrogens is 2. The van der Waals surface area contributed by atoms with Crippen LogP contribution in [-0.2, 0) is 0 Å². The van der Waals surface area contributed by atoms with E-state index in [4.69, 9.17) is 5.26 Å². The average Bonchev–Trinajstić information content (AvgIpc) is 2.72. The smallest absolute Gasteiger partial charge is 0.406 e. The van der Waals surface area contributed by atoms with Crippen molar-refractivity contribution in [3.8, 4) is 23.1 Å². The Labute approximate surface area is 177 Å². The van der Waals surface area contributed by atoms with Gasteiger partial charge in [0.1, 0.15) is 11.6 Å². The monoisotopic (exact) mass is 427 g/mol. The molecule has 6 nitrogen and oxygen atoms in total. The van der Waals surface area contributed by atoms with Gasteiger partial charge in [-0.25, -0.2) is 4.98 Å². The largest absolute Gasteiger partial charge is 0.573 e. The SMILES string of the molecule is CC[C@H](C)Nc1nc(Nc2cccc(C#N)c2)cc(-c2cccc(OC(F)(F)F)c2)n1. The predicted octanol–water partition coefficient (Wildman–Crippen LogP) is 5.87. The summed E-state index contributed by atoms with van der Waals surface area (Å²) in [6, 6.07) is 16.2. The molecule has 0 radical (unpaired) electrons. The first-order chi connectivity index (χ1) is 14.8. The number of nitriles is 1. The van der Waals surface area contributed by atoms with E-state index in [0.717, 1.165) is 6.42 Å². The first-order valence-corrected chi connectivity index (χ1v) is 9.54. The summed E-state index contributed by atoms with van der Waals surface area (Å²) in [7, 11) is 0. The Kier molecular flexibility index (Phi) is 6.60. The molecule has 0 unspecified atom stereocenters. The quantitative estimate of drug-likeness (QED) is 0.491. The lowest BCUT2D eigenvalue weighted by atomic mass is 10.1. The van der Waals surface area contributed by atoms with E-state index in [0.29, 0.717) is 34.3 Å². The molecule has 0 bridgehead atoms. The van der Waals surface area contributed by atoms with Crippen molar-refractivity contribution in [3.63, 3.8) is 0 Å². The Hall–Kier alpha value is -3.80. The van der Waals surface area contributed by atoms with Crippen molar-refractivity contribution in [2.45, 2.75) is 32.7 Å². The van der Waals surface area contributed by atoms with Crippen LogP contribution in [-0.4, -0.2) is 22.4 Å². The minimum absolute atomic E-state index is 0.0879. The number of halogens is 3. The fraction of sp³-hybridized carbons (Fsp3) is 0.227. The third-order valence-corrected chi connectivity index (χ3v) is 4.34. The van der Waals surface area contributed by atoms with Gasteiger partial charge in [0.15, 0.2) is 0 Å². The molecule has 0 aliphatic heterocycles. The average molecular weight is 427 g/mol. The molecule has 9 heteroatoms. The summed E-state index contributed by atoms with van der Waals surface area (Å²) in [5.74, 6) is 0.414. The van der Waals surface area contributed by atoms with Crippen LogP contribution in [0.3, 0.4) is 0 Å². The lowest BCUT2D eigenvalue weighted by Crippen LogP contribution is -2.17. The first-order valence-electron chi connectivity index (χ1n) is 9.54. The van der Waals surface area contributed by atoms with E-state index >= 15 is 0 Å². The van der Waals surface area contributed by atoms with Gasteiger partial charge in [0.2, 0.25) is 5.95 Å². The number of nitrogens with one attached hydrogen (secondary N) is 2. The van der Waals surface area contributed by atoms with E-state index in [2.05, 4.69) is 31.4 Å². The zero-order valence-corrected chi connectivity index (χ0v) is 16.9. The molecule has 0 spiro atoms. The van der Waals surface area contributed by atoms with Crippen molar-refractivity contribution in [2.75, 3.05) is 10.6 Å². The molecule has 160 valence electrons. The molecule has 31 heavy (non-hydrogen) atoms. The second-order valence-corrected chi connectivity index (χ2v) is 6.81. The number of benzene rings is 2. The van der Waals surface area contributed by atoms with Crippen LogP contribution in [0.15, 0.2) is 54.6 Å². The van der Waals surface area contributed by atoms with Crippen molar-refractivity contribution in [3.05, 3.63) is 60.2 Å². The first kappa shape index (κ1) is 21.9. The van der Waals surface area contributed by atoms with Crippen molar-refractivity contribution in [2.24, 2.45) is 0 Å². The molecule has 2 aromatic carbocycles. The van der Waals surface area contributed by atoms with Gasteiger partial charge in [-0.2, -0.15) is 10.2 Å². The highest BCUT2D eigenvalue weighted by Gasteiger charge is 2.31. The molecule has 0 aliphatic rings. The molecule has 0 aliphatic carbocycles. The Morgan fingerprint density at radius 2 is 1.87 bits per heavy atom. The lowest BCUT2D eigenvalue weighted by molar-refractivity contribution is -0.274. The topological polar surface area (TPSA) is 82.9 Å². The minimum Gasteiger partial charge on any atom is -0.406 e. The van der Waals surface area contributed by atoms with Gasteiger partial charge in [-0.1, -0.05) is 25.1 Å². The maximum absolute atomic E-state index is 12.6. The Bertz CT molecular complexity index is 1090. The van der Waals surface area contributed by atoms with Gasteiger partial charge in [0.25, 0.3) is 0 Å². The fourth-order valence-electron chi connectivity index (χ4n) is 2.71. The fourth-order valence-corrected chi connectivity index (χ4v) is 2.71. The molecule has 0 saturated heterocycles. The summed E-state index contributed by atoms with van der Waals surface area (Å²) in [4.78, 5) is 8.91. The number of ether oxygens (including phenoxy) is 1. The van der Waals surface area contributed by atoms with Crippen LogP contribution >= 0.6 is 0 Å². The number of rotatable bonds is 7. The molecule has 0 fully saturated rings. The Balaban J connectivity index is 1.99. The van der Waals surface area contributed by atoms with E-state index in [-0.39, 0.29) is 11.8 Å². The second-order valence-electron chi connectivity index (χ2n) is 6.81. The van der Waals surface area contributed by atoms with Crippen LogP contribution in [0.2, 0.25) is 0 Å². The number of nitrogens with zero attached hydrogens (tertiary/aromatic N) is 3. The summed E-state index contributed by atoms with van der Waals surface area (Å²) < 4.78 is 41.8. The normalized spacial score (nSPS) is 12.0. The number of alkyl halides is 3. The summed E-state index contributed by atoms with van der Waals surface area (Å²) in [6.07, 6.45) is -3.96. The summed E-state index contributed by atoms with van der Waals surface area (Å²) in [6.45, 7) is 3.98. The van der Waals surface area contributed by atoms with Crippen LogP contribution < -0.4 is 15.4 Å². The van der Waals surface area contributed by atoms with E-state index in [1.54, 1.807) is 36.4 Å². The zero-order chi connectivity index (χ0) is 22.4. The standard InChI is InChI=1S/C22H20F3N5O/c1-3-14(2)27-21-29-19(16-7-5-9-18(11-16)31-22(23,24)25)12-20(30-21)28-17-8-4-6-15(10-17)13-26/h4-12,14H,3H2,1-2H3,(H2,27,28,29,30)/t14-/m0/s1. The summed E-state index contributed by atoms with van der Waals surface area (Å²) in [5, 5.41) is 15.4. The van der Waals surface area contributed by atoms with Crippen molar-refractivity contribution in [1.82, 2.24) is 9.97 Å². The number of hydrogen-bond donors (Lipinski definition) is 2. The maximum atomic E-state index is 12.6. The van der Waals surface area contributed by atoms with Crippen LogP contribution in [0.4, 0.5) is 30.6 Å². The highest BCUT2D eigenvalue weighted by atomic mass is 19.4. The number of hydrogen-bond acceptors (Lipinski definition) is 6. The summed E-state index contributed by atoms with van der Waals surface area (Å²) >= 11 is 0. The Morgan fingerprint density at radius 3 is 2.58 bits per heavy atom. The second kappa shape index (κ2) is 9.34. The third-order valence-electron chi connectivity index (χ3n) is 4.34. The molecule has 3 rings (SSSR count). The molecule has 0 saturated carbocycles. The van der Waals surface area contributed by atoms with E-state index < -0.39 is 6.36 Å². The van der Waals surface area contributed by atoms with Crippen LogP contribution in [0, 0.1) is 11.3 Å². The third kappa shape index (κ3) is 6.34. The molecular weight excluding hydrogens is 407 g/mol. The Morgan fingerprint density at radius 1 is 1.10 bits per heavy atom. The van der Waals surface area contributed by atoms with E-state index in [9.17, 15) is 13.2 Å². The van der Waals surface area contributed by atoms with Crippen LogP contribution in [0.25, 0.3) is 11.3 Å². The highest BCUT2D eigenvalue weighted by Crippen LogP contribution is 2.29. The molecule has 1 aromatic heterocycles. The zero-order valence-electron chi connectivity index (χ0n) is 16.9. The number of anilines is 3.